The normalized spacial score (nSPS) is 10.7. The van der Waals surface area contributed by atoms with Crippen molar-refractivity contribution in [3.8, 4) is 0 Å². The van der Waals surface area contributed by atoms with Crippen molar-refractivity contribution in [2.45, 2.75) is 6.54 Å². The average Bonchev–Trinajstić information content (AvgIpc) is 3.01. The minimum Gasteiger partial charge on any atom is -0.305 e. The van der Waals surface area contributed by atoms with E-state index in [9.17, 15) is 4.79 Å². The van der Waals surface area contributed by atoms with Gasteiger partial charge in [0, 0.05) is 27.9 Å². The minimum absolute atomic E-state index is 0.198. The number of carbonyl (C=O) groups excluding carboxylic acids is 1. The SMILES string of the molecule is O=C(Nc1ccn(Cc2c(Cl)cccc2Cl)n1)c1cccc(Cl)c1Cl. The van der Waals surface area contributed by atoms with Crippen LogP contribution in [0.5, 0.6) is 0 Å². The van der Waals surface area contributed by atoms with Crippen LogP contribution in [0, 0.1) is 0 Å². The fourth-order valence-electron chi connectivity index (χ4n) is 2.22. The molecule has 4 nitrogen and oxygen atoms in total. The Morgan fingerprint density at radius 3 is 2.32 bits per heavy atom. The standard InChI is InChI=1S/C17H11Cl4N3O/c18-12-4-2-5-13(19)11(12)9-24-8-7-15(23-24)22-17(25)10-3-1-6-14(20)16(10)21/h1-8H,9H2,(H,22,23,25). The van der Waals surface area contributed by atoms with Gasteiger partial charge in [0.05, 0.1) is 22.2 Å². The molecule has 0 fully saturated rings. The summed E-state index contributed by atoms with van der Waals surface area (Å²) < 4.78 is 1.63. The highest BCUT2D eigenvalue weighted by Gasteiger charge is 2.14. The quantitative estimate of drug-likeness (QED) is 0.586. The molecule has 0 unspecified atom stereocenters. The Balaban J connectivity index is 1.76. The van der Waals surface area contributed by atoms with E-state index in [1.54, 1.807) is 53.3 Å². The molecule has 0 aliphatic carbocycles. The summed E-state index contributed by atoms with van der Waals surface area (Å²) in [5.74, 6) is -0.0160. The Labute approximate surface area is 164 Å². The number of benzene rings is 2. The summed E-state index contributed by atoms with van der Waals surface area (Å²) in [6.45, 7) is 0.381. The fourth-order valence-corrected chi connectivity index (χ4v) is 3.13. The van der Waals surface area contributed by atoms with Gasteiger partial charge in [0.1, 0.15) is 0 Å². The molecule has 1 amide bonds. The van der Waals surface area contributed by atoms with Gasteiger partial charge in [-0.2, -0.15) is 5.10 Å². The van der Waals surface area contributed by atoms with E-state index >= 15 is 0 Å². The largest absolute Gasteiger partial charge is 0.305 e. The van der Waals surface area contributed by atoms with E-state index < -0.39 is 5.91 Å². The van der Waals surface area contributed by atoms with Crippen LogP contribution in [0.25, 0.3) is 0 Å². The molecule has 0 aliphatic rings. The smallest absolute Gasteiger partial charge is 0.258 e. The molecule has 3 aromatic rings. The van der Waals surface area contributed by atoms with Crippen LogP contribution in [0.3, 0.4) is 0 Å². The first-order chi connectivity index (χ1) is 12.0. The van der Waals surface area contributed by atoms with Crippen molar-refractivity contribution < 1.29 is 4.79 Å². The number of aromatic nitrogens is 2. The molecule has 0 radical (unpaired) electrons. The molecule has 8 heteroatoms. The van der Waals surface area contributed by atoms with Crippen molar-refractivity contribution in [2.24, 2.45) is 0 Å². The van der Waals surface area contributed by atoms with Gasteiger partial charge in [0.25, 0.3) is 5.91 Å². The van der Waals surface area contributed by atoms with E-state index in [2.05, 4.69) is 10.4 Å². The number of anilines is 1. The molecule has 1 aromatic heterocycles. The molecule has 128 valence electrons. The Morgan fingerprint density at radius 1 is 0.960 bits per heavy atom. The number of nitrogens with zero attached hydrogens (tertiary/aromatic N) is 2. The number of hydrogen-bond donors (Lipinski definition) is 1. The van der Waals surface area contributed by atoms with Crippen LogP contribution in [0.2, 0.25) is 20.1 Å². The van der Waals surface area contributed by atoms with Crippen molar-refractivity contribution in [3.63, 3.8) is 0 Å². The second kappa shape index (κ2) is 7.67. The predicted octanol–water partition coefficient (Wildman–Crippen LogP) is 5.80. The Kier molecular flexibility index (Phi) is 5.54. The number of nitrogens with one attached hydrogen (secondary N) is 1. The number of halogens is 4. The van der Waals surface area contributed by atoms with E-state index in [0.29, 0.717) is 27.4 Å². The van der Waals surface area contributed by atoms with Crippen LogP contribution in [-0.2, 0) is 6.54 Å². The van der Waals surface area contributed by atoms with Gasteiger partial charge in [-0.05, 0) is 24.3 Å². The molecule has 25 heavy (non-hydrogen) atoms. The third-order valence-electron chi connectivity index (χ3n) is 3.46. The summed E-state index contributed by atoms with van der Waals surface area (Å²) >= 11 is 24.3. The van der Waals surface area contributed by atoms with E-state index in [4.69, 9.17) is 46.4 Å². The lowest BCUT2D eigenvalue weighted by molar-refractivity contribution is 0.102. The van der Waals surface area contributed by atoms with Crippen LogP contribution in [0.4, 0.5) is 5.82 Å². The Morgan fingerprint density at radius 2 is 1.60 bits per heavy atom. The van der Waals surface area contributed by atoms with Gasteiger partial charge in [-0.15, -0.1) is 0 Å². The van der Waals surface area contributed by atoms with Gasteiger partial charge in [0.2, 0.25) is 0 Å². The second-order valence-corrected chi connectivity index (χ2v) is 6.75. The first-order valence-electron chi connectivity index (χ1n) is 7.17. The fraction of sp³-hybridized carbons (Fsp3) is 0.0588. The van der Waals surface area contributed by atoms with Crippen LogP contribution in [-0.4, -0.2) is 15.7 Å². The molecule has 1 heterocycles. The lowest BCUT2D eigenvalue weighted by Gasteiger charge is -2.07. The van der Waals surface area contributed by atoms with E-state index in [1.165, 1.54) is 0 Å². The number of carbonyl (C=O) groups is 1. The zero-order chi connectivity index (χ0) is 18.0. The maximum Gasteiger partial charge on any atom is 0.258 e. The molecule has 0 bridgehead atoms. The highest BCUT2D eigenvalue weighted by Crippen LogP contribution is 2.27. The van der Waals surface area contributed by atoms with Crippen LogP contribution in [0.1, 0.15) is 15.9 Å². The third-order valence-corrected chi connectivity index (χ3v) is 4.99. The van der Waals surface area contributed by atoms with E-state index in [1.807, 2.05) is 0 Å². The van der Waals surface area contributed by atoms with Gasteiger partial charge in [-0.1, -0.05) is 58.5 Å². The van der Waals surface area contributed by atoms with Gasteiger partial charge in [0.15, 0.2) is 5.82 Å². The second-order valence-electron chi connectivity index (χ2n) is 5.15. The Hall–Kier alpha value is -1.72. The summed E-state index contributed by atoms with van der Waals surface area (Å²) in [6, 6.07) is 11.8. The van der Waals surface area contributed by atoms with Crippen LogP contribution < -0.4 is 5.32 Å². The van der Waals surface area contributed by atoms with Gasteiger partial charge in [-0.25, -0.2) is 0 Å². The first-order valence-corrected chi connectivity index (χ1v) is 8.68. The summed E-state index contributed by atoms with van der Waals surface area (Å²) in [6.07, 6.45) is 1.72. The molecule has 0 spiro atoms. The molecule has 0 saturated carbocycles. The number of amides is 1. The average molecular weight is 415 g/mol. The maximum absolute atomic E-state index is 12.3. The Bertz CT molecular complexity index is 919. The predicted molar refractivity (Wildman–Crippen MR) is 102 cm³/mol. The summed E-state index contributed by atoms with van der Waals surface area (Å²) in [5.41, 5.74) is 1.03. The molecule has 3 rings (SSSR count). The lowest BCUT2D eigenvalue weighted by Crippen LogP contribution is -2.13. The third kappa shape index (κ3) is 4.10. The van der Waals surface area contributed by atoms with Crippen molar-refractivity contribution in [2.75, 3.05) is 5.32 Å². The molecule has 0 saturated heterocycles. The monoisotopic (exact) mass is 413 g/mol. The van der Waals surface area contributed by atoms with Crippen molar-refractivity contribution >= 4 is 58.1 Å². The molecule has 2 aromatic carbocycles. The van der Waals surface area contributed by atoms with Crippen LogP contribution >= 0.6 is 46.4 Å². The maximum atomic E-state index is 12.3. The number of hydrogen-bond acceptors (Lipinski definition) is 2. The molecule has 1 N–H and O–H groups in total. The molecule has 0 aliphatic heterocycles. The molecule has 0 atom stereocenters. The van der Waals surface area contributed by atoms with Crippen molar-refractivity contribution in [1.82, 2.24) is 9.78 Å². The van der Waals surface area contributed by atoms with E-state index in [-0.39, 0.29) is 10.6 Å². The van der Waals surface area contributed by atoms with Gasteiger partial charge >= 0.3 is 0 Å². The molecular weight excluding hydrogens is 404 g/mol. The summed E-state index contributed by atoms with van der Waals surface area (Å²) in [4.78, 5) is 12.3. The van der Waals surface area contributed by atoms with Gasteiger partial charge < -0.3 is 5.32 Å². The molecular formula is C17H11Cl4N3O. The topological polar surface area (TPSA) is 46.9 Å². The highest BCUT2D eigenvalue weighted by atomic mass is 35.5. The zero-order valence-electron chi connectivity index (χ0n) is 12.6. The van der Waals surface area contributed by atoms with Crippen molar-refractivity contribution in [1.29, 1.82) is 0 Å². The summed E-state index contributed by atoms with van der Waals surface area (Å²) in [7, 11) is 0. The highest BCUT2D eigenvalue weighted by molar-refractivity contribution is 6.44. The summed E-state index contributed by atoms with van der Waals surface area (Å²) in [5, 5.41) is 8.60. The minimum atomic E-state index is -0.395. The van der Waals surface area contributed by atoms with Gasteiger partial charge in [-0.3, -0.25) is 9.48 Å². The lowest BCUT2D eigenvalue weighted by atomic mass is 10.2. The van der Waals surface area contributed by atoms with Crippen molar-refractivity contribution in [3.05, 3.63) is 79.9 Å². The zero-order valence-corrected chi connectivity index (χ0v) is 15.7. The first kappa shape index (κ1) is 18.1. The van der Waals surface area contributed by atoms with E-state index in [0.717, 1.165) is 5.56 Å². The number of rotatable bonds is 4. The van der Waals surface area contributed by atoms with Crippen LogP contribution in [0.15, 0.2) is 48.7 Å².